The summed E-state index contributed by atoms with van der Waals surface area (Å²) in [7, 11) is 0. The second-order valence-electron chi connectivity index (χ2n) is 2.10. The highest BCUT2D eigenvalue weighted by Crippen LogP contribution is 2.42. The quantitative estimate of drug-likeness (QED) is 0.627. The van der Waals surface area contributed by atoms with Crippen LogP contribution in [0.1, 0.15) is 0 Å². The fourth-order valence-corrected chi connectivity index (χ4v) is 1.27. The molecule has 2 nitrogen and oxygen atoms in total. The molecule has 58 valence electrons. The molecule has 0 radical (unpaired) electrons. The average Bonchev–Trinajstić information content (AvgIpc) is 2.45. The van der Waals surface area contributed by atoms with Crippen molar-refractivity contribution in [2.24, 2.45) is 0 Å². The molecular formula is C7H4Cl2O2. The van der Waals surface area contributed by atoms with Gasteiger partial charge in [-0.25, -0.2) is 0 Å². The highest BCUT2D eigenvalue weighted by atomic mass is 35.5. The van der Waals surface area contributed by atoms with Crippen molar-refractivity contribution in [2.45, 2.75) is 0 Å². The lowest BCUT2D eigenvalue weighted by Gasteiger charge is -1.98. The Morgan fingerprint density at radius 1 is 1.18 bits per heavy atom. The van der Waals surface area contributed by atoms with Crippen LogP contribution in [0.5, 0.6) is 11.5 Å². The third kappa shape index (κ3) is 1.03. The normalized spacial score (nSPS) is 13.6. The Kier molecular flexibility index (Phi) is 1.59. The molecular weight excluding hydrogens is 187 g/mol. The molecule has 0 unspecified atom stereocenters. The summed E-state index contributed by atoms with van der Waals surface area (Å²) in [4.78, 5) is 0. The maximum absolute atomic E-state index is 5.80. The summed E-state index contributed by atoms with van der Waals surface area (Å²) in [6.45, 7) is 0.218. The Bertz CT molecular complexity index is 299. The summed E-state index contributed by atoms with van der Waals surface area (Å²) in [6, 6.07) is 3.41. The summed E-state index contributed by atoms with van der Waals surface area (Å²) < 4.78 is 10.1. The Labute approximate surface area is 73.6 Å². The molecule has 1 aliphatic heterocycles. The molecule has 0 saturated carbocycles. The van der Waals surface area contributed by atoms with Gasteiger partial charge in [-0.15, -0.1) is 0 Å². The van der Waals surface area contributed by atoms with Gasteiger partial charge in [0.1, 0.15) is 5.02 Å². The predicted octanol–water partition coefficient (Wildman–Crippen LogP) is 2.72. The van der Waals surface area contributed by atoms with E-state index in [0.717, 1.165) is 0 Å². The van der Waals surface area contributed by atoms with Crippen LogP contribution in [0.15, 0.2) is 12.1 Å². The summed E-state index contributed by atoms with van der Waals surface area (Å²) in [5.74, 6) is 1.19. The van der Waals surface area contributed by atoms with Gasteiger partial charge in [-0.2, -0.15) is 0 Å². The van der Waals surface area contributed by atoms with Crippen molar-refractivity contribution in [1.82, 2.24) is 0 Å². The van der Waals surface area contributed by atoms with Gasteiger partial charge in [-0.3, -0.25) is 0 Å². The lowest BCUT2D eigenvalue weighted by molar-refractivity contribution is 0.174. The molecule has 1 aromatic carbocycles. The smallest absolute Gasteiger partial charge is 0.231 e. The Hall–Kier alpha value is -0.600. The van der Waals surface area contributed by atoms with Crippen LogP contribution in [0, 0.1) is 0 Å². The van der Waals surface area contributed by atoms with Crippen molar-refractivity contribution in [1.29, 1.82) is 0 Å². The van der Waals surface area contributed by atoms with E-state index in [0.29, 0.717) is 21.5 Å². The molecule has 1 aromatic rings. The lowest BCUT2D eigenvalue weighted by Crippen LogP contribution is -1.93. The Morgan fingerprint density at radius 2 is 2.00 bits per heavy atom. The van der Waals surface area contributed by atoms with Crippen molar-refractivity contribution < 1.29 is 9.47 Å². The first kappa shape index (κ1) is 7.07. The van der Waals surface area contributed by atoms with Crippen molar-refractivity contribution in [2.75, 3.05) is 6.79 Å². The highest BCUT2D eigenvalue weighted by molar-refractivity contribution is 6.43. The van der Waals surface area contributed by atoms with Crippen LogP contribution in [0.3, 0.4) is 0 Å². The van der Waals surface area contributed by atoms with Crippen LogP contribution in [0.4, 0.5) is 0 Å². The van der Waals surface area contributed by atoms with E-state index in [1.54, 1.807) is 12.1 Å². The van der Waals surface area contributed by atoms with Crippen molar-refractivity contribution >= 4 is 23.2 Å². The Morgan fingerprint density at radius 3 is 2.82 bits per heavy atom. The number of hydrogen-bond acceptors (Lipinski definition) is 2. The zero-order valence-electron chi connectivity index (χ0n) is 5.43. The van der Waals surface area contributed by atoms with Gasteiger partial charge in [-0.1, -0.05) is 23.2 Å². The standard InChI is InChI=1S/C7H4Cl2O2/c8-4-1-2-5-7(6(4)9)11-3-10-5/h1-2H,3H2. The van der Waals surface area contributed by atoms with E-state index in [9.17, 15) is 0 Å². The lowest BCUT2D eigenvalue weighted by atomic mass is 10.3. The minimum Gasteiger partial charge on any atom is -0.454 e. The van der Waals surface area contributed by atoms with Gasteiger partial charge in [0.2, 0.25) is 6.79 Å². The van der Waals surface area contributed by atoms with E-state index in [4.69, 9.17) is 32.7 Å². The van der Waals surface area contributed by atoms with Gasteiger partial charge in [-0.05, 0) is 12.1 Å². The molecule has 0 fully saturated rings. The number of benzene rings is 1. The molecule has 0 amide bonds. The molecule has 0 aromatic heterocycles. The van der Waals surface area contributed by atoms with Gasteiger partial charge in [0, 0.05) is 0 Å². The third-order valence-corrected chi connectivity index (χ3v) is 2.22. The van der Waals surface area contributed by atoms with E-state index in [2.05, 4.69) is 0 Å². The van der Waals surface area contributed by atoms with Gasteiger partial charge >= 0.3 is 0 Å². The fraction of sp³-hybridized carbons (Fsp3) is 0.143. The molecule has 1 heterocycles. The van der Waals surface area contributed by atoms with Gasteiger partial charge in [0.05, 0.1) is 5.02 Å². The van der Waals surface area contributed by atoms with Crippen molar-refractivity contribution in [3.8, 4) is 11.5 Å². The van der Waals surface area contributed by atoms with E-state index in [-0.39, 0.29) is 6.79 Å². The monoisotopic (exact) mass is 190 g/mol. The number of hydrogen-bond donors (Lipinski definition) is 0. The van der Waals surface area contributed by atoms with Crippen LogP contribution in [0.25, 0.3) is 0 Å². The van der Waals surface area contributed by atoms with E-state index in [1.165, 1.54) is 0 Å². The van der Waals surface area contributed by atoms with Crippen molar-refractivity contribution in [3.05, 3.63) is 22.2 Å². The number of rotatable bonds is 0. The minimum absolute atomic E-state index is 0.218. The number of ether oxygens (including phenoxy) is 2. The topological polar surface area (TPSA) is 18.5 Å². The zero-order chi connectivity index (χ0) is 7.84. The largest absolute Gasteiger partial charge is 0.454 e. The molecule has 0 bridgehead atoms. The maximum Gasteiger partial charge on any atom is 0.231 e. The number of halogens is 2. The fourth-order valence-electron chi connectivity index (χ4n) is 0.914. The van der Waals surface area contributed by atoms with Crippen LogP contribution >= 0.6 is 23.2 Å². The SMILES string of the molecule is Clc1ccc2c(c1Cl)OCO2. The second-order valence-corrected chi connectivity index (χ2v) is 2.88. The first-order valence-corrected chi connectivity index (χ1v) is 3.78. The molecule has 0 N–H and O–H groups in total. The molecule has 2 rings (SSSR count). The third-order valence-electron chi connectivity index (χ3n) is 1.43. The summed E-state index contributed by atoms with van der Waals surface area (Å²) in [6.07, 6.45) is 0. The molecule has 0 atom stereocenters. The molecule has 4 heteroatoms. The van der Waals surface area contributed by atoms with Gasteiger partial charge < -0.3 is 9.47 Å². The van der Waals surface area contributed by atoms with Crippen LogP contribution in [-0.4, -0.2) is 6.79 Å². The van der Waals surface area contributed by atoms with Crippen LogP contribution in [-0.2, 0) is 0 Å². The molecule has 0 spiro atoms. The average molecular weight is 191 g/mol. The van der Waals surface area contributed by atoms with Crippen LogP contribution in [0.2, 0.25) is 10.0 Å². The zero-order valence-corrected chi connectivity index (χ0v) is 6.95. The van der Waals surface area contributed by atoms with E-state index in [1.807, 2.05) is 0 Å². The molecule has 0 saturated heterocycles. The van der Waals surface area contributed by atoms with Crippen molar-refractivity contribution in [3.63, 3.8) is 0 Å². The summed E-state index contributed by atoms with van der Waals surface area (Å²) in [5, 5.41) is 0.901. The predicted molar refractivity (Wildman–Crippen MR) is 42.6 cm³/mol. The van der Waals surface area contributed by atoms with Gasteiger partial charge in [0.25, 0.3) is 0 Å². The molecule has 1 aliphatic rings. The highest BCUT2D eigenvalue weighted by Gasteiger charge is 2.18. The molecule has 11 heavy (non-hydrogen) atoms. The molecule has 0 aliphatic carbocycles. The summed E-state index contributed by atoms with van der Waals surface area (Å²) >= 11 is 11.5. The first-order valence-electron chi connectivity index (χ1n) is 3.02. The Balaban J connectivity index is 2.62. The second kappa shape index (κ2) is 2.47. The maximum atomic E-state index is 5.80. The number of fused-ring (bicyclic) bond motifs is 1. The first-order chi connectivity index (χ1) is 5.29. The van der Waals surface area contributed by atoms with E-state index >= 15 is 0 Å². The van der Waals surface area contributed by atoms with Crippen LogP contribution < -0.4 is 9.47 Å². The summed E-state index contributed by atoms with van der Waals surface area (Å²) in [5.41, 5.74) is 0. The van der Waals surface area contributed by atoms with E-state index < -0.39 is 0 Å². The van der Waals surface area contributed by atoms with Gasteiger partial charge in [0.15, 0.2) is 11.5 Å². The minimum atomic E-state index is 0.218.